The number of nitrogen functional groups attached to an aromatic ring is 1. The lowest BCUT2D eigenvalue weighted by atomic mass is 9.76. The maximum Gasteiger partial charge on any atom is 0.223 e. The number of anilines is 3. The van der Waals surface area contributed by atoms with Crippen LogP contribution in [0.3, 0.4) is 0 Å². The lowest BCUT2D eigenvalue weighted by Crippen LogP contribution is -2.44. The van der Waals surface area contributed by atoms with Gasteiger partial charge in [0, 0.05) is 31.1 Å². The van der Waals surface area contributed by atoms with E-state index in [0.717, 1.165) is 24.6 Å². The van der Waals surface area contributed by atoms with Crippen LogP contribution in [0.1, 0.15) is 32.3 Å². The zero-order valence-electron chi connectivity index (χ0n) is 14.1. The molecule has 1 aromatic heterocycles. The van der Waals surface area contributed by atoms with Gasteiger partial charge in [-0.1, -0.05) is 44.2 Å². The highest BCUT2D eigenvalue weighted by molar-refractivity contribution is 5.54. The predicted molar refractivity (Wildman–Crippen MR) is 95.8 cm³/mol. The molecule has 1 aromatic carbocycles. The van der Waals surface area contributed by atoms with E-state index in [2.05, 4.69) is 64.4 Å². The molecule has 23 heavy (non-hydrogen) atoms. The van der Waals surface area contributed by atoms with E-state index in [4.69, 9.17) is 5.73 Å². The fourth-order valence-corrected chi connectivity index (χ4v) is 3.58. The van der Waals surface area contributed by atoms with E-state index in [-0.39, 0.29) is 5.41 Å². The molecule has 1 aliphatic heterocycles. The van der Waals surface area contributed by atoms with E-state index in [1.165, 1.54) is 12.0 Å². The molecule has 1 fully saturated rings. The van der Waals surface area contributed by atoms with Gasteiger partial charge in [0.2, 0.25) is 5.95 Å². The van der Waals surface area contributed by atoms with Crippen LogP contribution in [-0.2, 0) is 5.41 Å². The van der Waals surface area contributed by atoms with Crippen molar-refractivity contribution in [2.45, 2.75) is 38.1 Å². The summed E-state index contributed by atoms with van der Waals surface area (Å²) >= 11 is 0. The van der Waals surface area contributed by atoms with Crippen molar-refractivity contribution < 1.29 is 0 Å². The monoisotopic (exact) mass is 311 g/mol. The Balaban J connectivity index is 1.96. The van der Waals surface area contributed by atoms with Crippen molar-refractivity contribution >= 4 is 17.6 Å². The quantitative estimate of drug-likeness (QED) is 0.908. The normalized spacial score (nSPS) is 18.2. The molecule has 1 unspecified atom stereocenters. The summed E-state index contributed by atoms with van der Waals surface area (Å²) in [5.74, 6) is 1.99. The minimum atomic E-state index is 0.0390. The van der Waals surface area contributed by atoms with E-state index in [1.807, 2.05) is 13.1 Å². The molecule has 2 aromatic rings. The van der Waals surface area contributed by atoms with Gasteiger partial charge in [-0.15, -0.1) is 0 Å². The molecule has 1 atom stereocenters. The van der Waals surface area contributed by atoms with Crippen molar-refractivity contribution in [2.75, 3.05) is 29.5 Å². The zero-order valence-corrected chi connectivity index (χ0v) is 14.1. The average Bonchev–Trinajstić information content (AvgIpc) is 3.05. The molecule has 0 bridgehead atoms. The third kappa shape index (κ3) is 2.96. The number of benzene rings is 1. The molecule has 1 saturated heterocycles. The third-order valence-electron chi connectivity index (χ3n) is 4.88. The fraction of sp³-hybridized carbons (Fsp3) is 0.444. The Morgan fingerprint density at radius 3 is 2.65 bits per heavy atom. The third-order valence-corrected chi connectivity index (χ3v) is 4.88. The Hall–Kier alpha value is -2.30. The average molecular weight is 311 g/mol. The lowest BCUT2D eigenvalue weighted by molar-refractivity contribution is 0.407. The van der Waals surface area contributed by atoms with Crippen LogP contribution >= 0.6 is 0 Å². The molecule has 3 N–H and O–H groups in total. The molecule has 5 heteroatoms. The Morgan fingerprint density at radius 1 is 1.22 bits per heavy atom. The molecule has 0 spiro atoms. The second kappa shape index (κ2) is 6.07. The van der Waals surface area contributed by atoms with Crippen LogP contribution in [0, 0.1) is 0 Å². The maximum atomic E-state index is 5.88. The first-order valence-electron chi connectivity index (χ1n) is 8.17. The molecule has 0 aliphatic carbocycles. The molecule has 0 saturated carbocycles. The Labute approximate surface area is 137 Å². The number of hydrogen-bond acceptors (Lipinski definition) is 5. The van der Waals surface area contributed by atoms with Gasteiger partial charge < -0.3 is 16.0 Å². The van der Waals surface area contributed by atoms with Gasteiger partial charge in [-0.3, -0.25) is 0 Å². The SMILES string of the molecule is CNc1cc(N2CCCC2C(C)(C)c2ccccc2)nc(N)n1. The van der Waals surface area contributed by atoms with Crippen LogP contribution < -0.4 is 16.0 Å². The number of nitrogens with zero attached hydrogens (tertiary/aromatic N) is 3. The second-order valence-electron chi connectivity index (χ2n) is 6.66. The topological polar surface area (TPSA) is 67.1 Å². The van der Waals surface area contributed by atoms with Gasteiger partial charge in [-0.2, -0.15) is 9.97 Å². The van der Waals surface area contributed by atoms with Gasteiger partial charge in [0.1, 0.15) is 11.6 Å². The molecule has 1 aliphatic rings. The van der Waals surface area contributed by atoms with Crippen LogP contribution in [-0.4, -0.2) is 29.6 Å². The molecule has 3 rings (SSSR count). The summed E-state index contributed by atoms with van der Waals surface area (Å²) in [7, 11) is 1.85. The number of hydrogen-bond donors (Lipinski definition) is 2. The van der Waals surface area contributed by atoms with Crippen LogP contribution in [0.15, 0.2) is 36.4 Å². The zero-order chi connectivity index (χ0) is 16.4. The summed E-state index contributed by atoms with van der Waals surface area (Å²) in [6.45, 7) is 5.63. The number of nitrogens with two attached hydrogens (primary N) is 1. The molecule has 0 amide bonds. The first-order chi connectivity index (χ1) is 11.0. The van der Waals surface area contributed by atoms with E-state index in [0.29, 0.717) is 12.0 Å². The van der Waals surface area contributed by atoms with Crippen molar-refractivity contribution in [3.8, 4) is 0 Å². The van der Waals surface area contributed by atoms with Crippen molar-refractivity contribution in [3.63, 3.8) is 0 Å². The molecule has 5 nitrogen and oxygen atoms in total. The maximum absolute atomic E-state index is 5.88. The minimum absolute atomic E-state index is 0.0390. The summed E-state index contributed by atoms with van der Waals surface area (Å²) in [5, 5.41) is 3.06. The Bertz CT molecular complexity index is 668. The van der Waals surface area contributed by atoms with Crippen molar-refractivity contribution in [2.24, 2.45) is 0 Å². The minimum Gasteiger partial charge on any atom is -0.373 e. The molecule has 2 heterocycles. The van der Waals surface area contributed by atoms with Crippen molar-refractivity contribution in [3.05, 3.63) is 42.0 Å². The van der Waals surface area contributed by atoms with Crippen molar-refractivity contribution in [1.82, 2.24) is 9.97 Å². The molecular formula is C18H25N5. The smallest absolute Gasteiger partial charge is 0.223 e. The second-order valence-corrected chi connectivity index (χ2v) is 6.66. The largest absolute Gasteiger partial charge is 0.373 e. The standard InChI is InChI=1S/C18H25N5/c1-18(2,13-8-5-4-6-9-13)14-10-7-11-23(14)16-12-15(20-3)21-17(19)22-16/h4-6,8-9,12,14H,7,10-11H2,1-3H3,(H3,19,20,21,22). The number of aromatic nitrogens is 2. The molecular weight excluding hydrogens is 286 g/mol. The summed E-state index contributed by atoms with van der Waals surface area (Å²) in [4.78, 5) is 11.1. The number of rotatable bonds is 4. The van der Waals surface area contributed by atoms with Gasteiger partial charge in [0.05, 0.1) is 0 Å². The van der Waals surface area contributed by atoms with Gasteiger partial charge in [-0.25, -0.2) is 0 Å². The van der Waals surface area contributed by atoms with Crippen LogP contribution in [0.25, 0.3) is 0 Å². The highest BCUT2D eigenvalue weighted by Crippen LogP contribution is 2.38. The van der Waals surface area contributed by atoms with Gasteiger partial charge in [0.15, 0.2) is 0 Å². The van der Waals surface area contributed by atoms with Crippen LogP contribution in [0.4, 0.5) is 17.6 Å². The Morgan fingerprint density at radius 2 is 1.96 bits per heavy atom. The summed E-state index contributed by atoms with van der Waals surface area (Å²) in [6.07, 6.45) is 2.32. The van der Waals surface area contributed by atoms with E-state index >= 15 is 0 Å². The van der Waals surface area contributed by atoms with Crippen molar-refractivity contribution in [1.29, 1.82) is 0 Å². The molecule has 122 valence electrons. The lowest BCUT2D eigenvalue weighted by Gasteiger charge is -2.39. The highest BCUT2D eigenvalue weighted by atomic mass is 15.3. The predicted octanol–water partition coefficient (Wildman–Crippen LogP) is 3.05. The van der Waals surface area contributed by atoms with E-state index < -0.39 is 0 Å². The fourth-order valence-electron chi connectivity index (χ4n) is 3.58. The van der Waals surface area contributed by atoms with E-state index in [1.54, 1.807) is 0 Å². The summed E-state index contributed by atoms with van der Waals surface area (Å²) < 4.78 is 0. The van der Waals surface area contributed by atoms with E-state index in [9.17, 15) is 0 Å². The first kappa shape index (κ1) is 15.6. The molecule has 0 radical (unpaired) electrons. The van der Waals surface area contributed by atoms with Gasteiger partial charge >= 0.3 is 0 Å². The van der Waals surface area contributed by atoms with Crippen LogP contribution in [0.5, 0.6) is 0 Å². The van der Waals surface area contributed by atoms with Gasteiger partial charge in [0.25, 0.3) is 0 Å². The Kier molecular flexibility index (Phi) is 4.11. The van der Waals surface area contributed by atoms with Gasteiger partial charge in [-0.05, 0) is 18.4 Å². The number of nitrogens with one attached hydrogen (secondary N) is 1. The first-order valence-corrected chi connectivity index (χ1v) is 8.17. The summed E-state index contributed by atoms with van der Waals surface area (Å²) in [5.41, 5.74) is 7.27. The summed E-state index contributed by atoms with van der Waals surface area (Å²) in [6, 6.07) is 13.1. The highest BCUT2D eigenvalue weighted by Gasteiger charge is 2.39. The van der Waals surface area contributed by atoms with Crippen LogP contribution in [0.2, 0.25) is 0 Å².